The molecule has 0 aliphatic heterocycles. The van der Waals surface area contributed by atoms with Gasteiger partial charge in [0.1, 0.15) is 0 Å². The lowest BCUT2D eigenvalue weighted by atomic mass is 10.1. The molecule has 0 aliphatic rings. The van der Waals surface area contributed by atoms with Crippen LogP contribution in [-0.4, -0.2) is 43.7 Å². The second-order valence-corrected chi connectivity index (χ2v) is 9.01. The van der Waals surface area contributed by atoms with Crippen molar-refractivity contribution in [3.8, 4) is 16.9 Å². The number of pyridine rings is 1. The number of halogens is 1. The van der Waals surface area contributed by atoms with Gasteiger partial charge in [-0.15, -0.1) is 0 Å². The van der Waals surface area contributed by atoms with Gasteiger partial charge in [-0.05, 0) is 42.0 Å². The molecule has 2 heterocycles. The van der Waals surface area contributed by atoms with Crippen LogP contribution in [0.15, 0.2) is 77.1 Å². The van der Waals surface area contributed by atoms with E-state index in [1.165, 1.54) is 31.6 Å². The molecule has 0 fully saturated rings. The van der Waals surface area contributed by atoms with Crippen LogP contribution < -0.4 is 15.2 Å². The first kappa shape index (κ1) is 23.8. The van der Waals surface area contributed by atoms with Crippen molar-refractivity contribution >= 4 is 38.5 Å². The van der Waals surface area contributed by atoms with Crippen molar-refractivity contribution in [1.82, 2.24) is 15.0 Å². The van der Waals surface area contributed by atoms with E-state index in [4.69, 9.17) is 10.5 Å². The van der Waals surface area contributed by atoms with Gasteiger partial charge in [0, 0.05) is 36.8 Å². The van der Waals surface area contributed by atoms with E-state index >= 15 is 0 Å². The van der Waals surface area contributed by atoms with Crippen LogP contribution >= 0.6 is 0 Å². The van der Waals surface area contributed by atoms with Crippen LogP contribution in [0.25, 0.3) is 27.7 Å². The molecule has 0 atom stereocenters. The van der Waals surface area contributed by atoms with Crippen molar-refractivity contribution in [3.05, 3.63) is 78.8 Å². The normalized spacial score (nSPS) is 12.3. The highest BCUT2D eigenvalue weighted by Crippen LogP contribution is 2.27. The van der Waals surface area contributed by atoms with Crippen LogP contribution in [0.5, 0.6) is 5.75 Å². The number of hydrogen-bond acceptors (Lipinski definition) is 8. The van der Waals surface area contributed by atoms with Crippen LogP contribution in [0.4, 0.5) is 10.1 Å². The molecule has 0 bridgehead atoms. The number of sulfonamides is 1. The number of hydrogen-bond donors (Lipinski definition) is 2. The number of anilines is 1. The van der Waals surface area contributed by atoms with Crippen molar-refractivity contribution in [2.24, 2.45) is 10.7 Å². The molecule has 4 rings (SSSR count). The predicted molar refractivity (Wildman–Crippen MR) is 133 cm³/mol. The molecule has 0 amide bonds. The minimum Gasteiger partial charge on any atom is -0.494 e. The Morgan fingerprint density at radius 3 is 2.63 bits per heavy atom. The van der Waals surface area contributed by atoms with E-state index in [0.29, 0.717) is 27.9 Å². The largest absolute Gasteiger partial charge is 0.494 e. The number of methoxy groups -OCH3 is 1. The molecular weight excluding hydrogens is 471 g/mol. The quantitative estimate of drug-likeness (QED) is 0.376. The maximum atomic E-state index is 14.0. The number of benzene rings is 2. The molecule has 0 saturated heterocycles. The third kappa shape index (κ3) is 5.09. The minimum atomic E-state index is -4.06. The van der Waals surface area contributed by atoms with Crippen LogP contribution in [0.2, 0.25) is 0 Å². The average molecular weight is 493 g/mol. The van der Waals surface area contributed by atoms with E-state index in [-0.39, 0.29) is 16.3 Å². The number of ether oxygens (including phenoxy) is 1. The fraction of sp³-hybridized carbons (Fsp3) is 0.0833. The number of aromatic nitrogens is 3. The van der Waals surface area contributed by atoms with Crippen LogP contribution in [0.1, 0.15) is 5.69 Å². The summed E-state index contributed by atoms with van der Waals surface area (Å²) in [7, 11) is -1.12. The number of nitrogens with two attached hydrogens (primary N) is 1. The molecule has 9 nitrogen and oxygen atoms in total. The zero-order chi connectivity index (χ0) is 25.0. The van der Waals surface area contributed by atoms with Gasteiger partial charge in [-0.1, -0.05) is 6.07 Å². The number of rotatable bonds is 7. The summed E-state index contributed by atoms with van der Waals surface area (Å²) in [6.45, 7) is 0. The van der Waals surface area contributed by atoms with E-state index in [9.17, 15) is 12.8 Å². The molecule has 3 N–H and O–H groups in total. The van der Waals surface area contributed by atoms with Gasteiger partial charge in [-0.2, -0.15) is 0 Å². The Labute approximate surface area is 201 Å². The first-order chi connectivity index (χ1) is 16.8. The van der Waals surface area contributed by atoms with Crippen molar-refractivity contribution in [2.45, 2.75) is 4.90 Å². The topological polar surface area (TPSA) is 132 Å². The van der Waals surface area contributed by atoms with Gasteiger partial charge in [0.05, 0.1) is 46.8 Å². The Bertz CT molecular complexity index is 1570. The molecule has 0 unspecified atom stereocenters. The molecule has 2 aromatic carbocycles. The number of allylic oxidation sites excluding steroid dienone is 1. The molecule has 11 heteroatoms. The zero-order valence-electron chi connectivity index (χ0n) is 18.8. The van der Waals surface area contributed by atoms with Gasteiger partial charge in [-0.3, -0.25) is 19.7 Å². The second kappa shape index (κ2) is 9.85. The van der Waals surface area contributed by atoms with Crippen LogP contribution in [0, 0.1) is 5.82 Å². The average Bonchev–Trinajstić information content (AvgIpc) is 2.86. The van der Waals surface area contributed by atoms with E-state index < -0.39 is 15.8 Å². The lowest BCUT2D eigenvalue weighted by Crippen LogP contribution is -2.13. The summed E-state index contributed by atoms with van der Waals surface area (Å²) in [4.78, 5) is 16.9. The van der Waals surface area contributed by atoms with E-state index in [0.717, 1.165) is 11.6 Å². The fourth-order valence-electron chi connectivity index (χ4n) is 3.35. The highest BCUT2D eigenvalue weighted by Gasteiger charge is 2.17. The smallest absolute Gasteiger partial charge is 0.262 e. The van der Waals surface area contributed by atoms with E-state index in [2.05, 4.69) is 24.7 Å². The molecule has 0 radical (unpaired) electrons. The standard InChI is InChI=1S/C24H21FN6O3S/c1-27-11-17(10-26)23-14-29-21-5-3-15(8-22(21)30-23)16-7-18(13-28-12-16)31-35(32,33)19-4-6-24(34-2)20(25)9-19/h3-14,31H,26H2,1-2H3/b17-10+,27-11?. The van der Waals surface area contributed by atoms with Gasteiger partial charge in [0.2, 0.25) is 0 Å². The van der Waals surface area contributed by atoms with Gasteiger partial charge in [0.25, 0.3) is 10.0 Å². The Morgan fingerprint density at radius 2 is 1.91 bits per heavy atom. The fourth-order valence-corrected chi connectivity index (χ4v) is 4.39. The SMILES string of the molecule is CN=C/C(=C\N)c1cnc2ccc(-c3cncc(NS(=O)(=O)c4ccc(OC)c(F)c4)c3)cc2n1. The van der Waals surface area contributed by atoms with Crippen molar-refractivity contribution < 1.29 is 17.5 Å². The lowest BCUT2D eigenvalue weighted by Gasteiger charge is -2.11. The van der Waals surface area contributed by atoms with Crippen molar-refractivity contribution in [1.29, 1.82) is 0 Å². The first-order valence-corrected chi connectivity index (χ1v) is 11.8. The molecule has 178 valence electrons. The zero-order valence-corrected chi connectivity index (χ0v) is 19.6. The van der Waals surface area contributed by atoms with Crippen LogP contribution in [-0.2, 0) is 10.0 Å². The third-order valence-corrected chi connectivity index (χ3v) is 6.42. The van der Waals surface area contributed by atoms with Gasteiger partial charge < -0.3 is 10.5 Å². The number of nitrogens with zero attached hydrogens (tertiary/aromatic N) is 4. The van der Waals surface area contributed by atoms with Crippen molar-refractivity contribution in [2.75, 3.05) is 18.9 Å². The number of nitrogens with one attached hydrogen (secondary N) is 1. The summed E-state index contributed by atoms with van der Waals surface area (Å²) in [5.74, 6) is -0.831. The van der Waals surface area contributed by atoms with Gasteiger partial charge in [0.15, 0.2) is 11.6 Å². The van der Waals surface area contributed by atoms with Gasteiger partial charge >= 0.3 is 0 Å². The number of aliphatic imine (C=N–C) groups is 1. The predicted octanol–water partition coefficient (Wildman–Crippen LogP) is 3.64. The van der Waals surface area contributed by atoms with Crippen LogP contribution in [0.3, 0.4) is 0 Å². The Kier molecular flexibility index (Phi) is 6.69. The number of fused-ring (bicyclic) bond motifs is 1. The highest BCUT2D eigenvalue weighted by molar-refractivity contribution is 7.92. The summed E-state index contributed by atoms with van der Waals surface area (Å²) in [5, 5.41) is 0. The third-order valence-electron chi connectivity index (χ3n) is 5.04. The summed E-state index contributed by atoms with van der Waals surface area (Å²) in [6, 6.07) is 10.5. The molecule has 4 aromatic rings. The Balaban J connectivity index is 1.66. The maximum absolute atomic E-state index is 14.0. The molecule has 0 aliphatic carbocycles. The molecule has 0 spiro atoms. The summed E-state index contributed by atoms with van der Waals surface area (Å²) < 4.78 is 46.8. The first-order valence-electron chi connectivity index (χ1n) is 10.3. The summed E-state index contributed by atoms with van der Waals surface area (Å²) >= 11 is 0. The lowest BCUT2D eigenvalue weighted by molar-refractivity contribution is 0.385. The molecular formula is C24H21FN6O3S. The minimum absolute atomic E-state index is 0.0498. The van der Waals surface area contributed by atoms with Crippen molar-refractivity contribution in [3.63, 3.8) is 0 Å². The van der Waals surface area contributed by atoms with E-state index in [1.807, 2.05) is 12.1 Å². The molecule has 0 saturated carbocycles. The Morgan fingerprint density at radius 1 is 1.09 bits per heavy atom. The van der Waals surface area contributed by atoms with Gasteiger partial charge in [-0.25, -0.2) is 17.8 Å². The highest BCUT2D eigenvalue weighted by atomic mass is 32.2. The Hall–Kier alpha value is -4.38. The molecule has 2 aromatic heterocycles. The monoisotopic (exact) mass is 492 g/mol. The summed E-state index contributed by atoms with van der Waals surface area (Å²) in [6.07, 6.45) is 7.57. The second-order valence-electron chi connectivity index (χ2n) is 7.33. The van der Waals surface area contributed by atoms with E-state index in [1.54, 1.807) is 37.8 Å². The summed E-state index contributed by atoms with van der Waals surface area (Å²) in [5.41, 5.74) is 9.76. The maximum Gasteiger partial charge on any atom is 0.262 e. The molecule has 35 heavy (non-hydrogen) atoms.